The van der Waals surface area contributed by atoms with Crippen molar-refractivity contribution in [1.29, 1.82) is 0 Å². The van der Waals surface area contributed by atoms with E-state index >= 15 is 0 Å². The zero-order valence-electron chi connectivity index (χ0n) is 16.4. The summed E-state index contributed by atoms with van der Waals surface area (Å²) in [6.07, 6.45) is 1.78. The van der Waals surface area contributed by atoms with Crippen molar-refractivity contribution >= 4 is 33.4 Å². The Morgan fingerprint density at radius 2 is 2.13 bits per heavy atom. The van der Waals surface area contributed by atoms with Crippen molar-refractivity contribution in [3.05, 3.63) is 58.3 Å². The first-order chi connectivity index (χ1) is 14.5. The van der Waals surface area contributed by atoms with Crippen LogP contribution in [-0.2, 0) is 20.9 Å². The Labute approximate surface area is 182 Å². The van der Waals surface area contributed by atoms with E-state index in [-0.39, 0.29) is 43.4 Å². The first-order valence-corrected chi connectivity index (χ1v) is 10.7. The fraction of sp³-hybridized carbons (Fsp3) is 0.364. The minimum absolute atomic E-state index is 0.0499. The average Bonchev–Trinajstić information content (AvgIpc) is 3.23. The van der Waals surface area contributed by atoms with Crippen molar-refractivity contribution in [2.45, 2.75) is 25.5 Å². The Balaban J connectivity index is 1.54. The van der Waals surface area contributed by atoms with E-state index in [1.54, 1.807) is 35.2 Å². The SMILES string of the molecule is O=C(CN1C(=O)COc2cc(Br)ccc21)N(Cc1cccc(F)c1)CC1CCCO1. The van der Waals surface area contributed by atoms with Crippen LogP contribution in [-0.4, -0.2) is 49.1 Å². The van der Waals surface area contributed by atoms with Crippen molar-refractivity contribution in [2.75, 3.05) is 31.2 Å². The van der Waals surface area contributed by atoms with E-state index < -0.39 is 0 Å². The first kappa shape index (κ1) is 20.8. The molecule has 2 amide bonds. The number of rotatable bonds is 6. The Hall–Kier alpha value is -2.45. The maximum Gasteiger partial charge on any atom is 0.265 e. The van der Waals surface area contributed by atoms with Crippen LogP contribution in [0.5, 0.6) is 5.75 Å². The lowest BCUT2D eigenvalue weighted by molar-refractivity contribution is -0.133. The van der Waals surface area contributed by atoms with Gasteiger partial charge in [0.25, 0.3) is 5.91 Å². The molecule has 0 N–H and O–H groups in total. The summed E-state index contributed by atoms with van der Waals surface area (Å²) in [6, 6.07) is 11.5. The zero-order chi connectivity index (χ0) is 21.1. The third-order valence-electron chi connectivity index (χ3n) is 5.22. The number of anilines is 1. The van der Waals surface area contributed by atoms with Crippen LogP contribution in [0.25, 0.3) is 0 Å². The van der Waals surface area contributed by atoms with E-state index in [1.807, 2.05) is 0 Å². The number of carbonyl (C=O) groups is 2. The lowest BCUT2D eigenvalue weighted by Gasteiger charge is -2.32. The van der Waals surface area contributed by atoms with Gasteiger partial charge in [-0.2, -0.15) is 0 Å². The highest BCUT2D eigenvalue weighted by molar-refractivity contribution is 9.10. The number of halogens is 2. The van der Waals surface area contributed by atoms with Gasteiger partial charge in [-0.1, -0.05) is 28.1 Å². The standard InChI is InChI=1S/C22H22BrFN2O4/c23-16-6-7-19-20(10-16)30-14-22(28)26(19)13-21(27)25(12-18-5-2-8-29-18)11-15-3-1-4-17(24)9-15/h1,3-4,6-7,9-10,18H,2,5,8,11-14H2. The molecular weight excluding hydrogens is 455 g/mol. The van der Waals surface area contributed by atoms with Crippen molar-refractivity contribution < 1.29 is 23.5 Å². The number of hydrogen-bond acceptors (Lipinski definition) is 4. The van der Waals surface area contributed by atoms with Gasteiger partial charge in [0.1, 0.15) is 18.1 Å². The van der Waals surface area contributed by atoms with Gasteiger partial charge in [-0.3, -0.25) is 14.5 Å². The summed E-state index contributed by atoms with van der Waals surface area (Å²) >= 11 is 3.39. The van der Waals surface area contributed by atoms with Gasteiger partial charge in [0.15, 0.2) is 6.61 Å². The molecule has 4 rings (SSSR count). The molecule has 30 heavy (non-hydrogen) atoms. The topological polar surface area (TPSA) is 59.1 Å². The summed E-state index contributed by atoms with van der Waals surface area (Å²) in [6.45, 7) is 1.10. The second kappa shape index (κ2) is 9.14. The summed E-state index contributed by atoms with van der Waals surface area (Å²) in [5.74, 6) is -0.299. The van der Waals surface area contributed by atoms with Gasteiger partial charge in [-0.05, 0) is 48.7 Å². The van der Waals surface area contributed by atoms with Crippen LogP contribution in [0, 0.1) is 5.82 Å². The Kier molecular flexibility index (Phi) is 6.34. The normalized spacial score (nSPS) is 18.1. The maximum atomic E-state index is 13.6. The highest BCUT2D eigenvalue weighted by Crippen LogP contribution is 2.34. The molecule has 1 saturated heterocycles. The molecule has 0 saturated carbocycles. The molecule has 2 aliphatic rings. The molecule has 0 aromatic heterocycles. The number of fused-ring (bicyclic) bond motifs is 1. The number of nitrogens with zero attached hydrogens (tertiary/aromatic N) is 2. The predicted molar refractivity (Wildman–Crippen MR) is 113 cm³/mol. The van der Waals surface area contributed by atoms with Gasteiger partial charge in [0.05, 0.1) is 11.8 Å². The van der Waals surface area contributed by atoms with Gasteiger partial charge < -0.3 is 14.4 Å². The fourth-order valence-corrected chi connectivity index (χ4v) is 4.07. The minimum Gasteiger partial charge on any atom is -0.482 e. The minimum atomic E-state index is -0.347. The van der Waals surface area contributed by atoms with Crippen molar-refractivity contribution in [1.82, 2.24) is 4.90 Å². The molecule has 2 aromatic rings. The largest absolute Gasteiger partial charge is 0.482 e. The second-order valence-corrected chi connectivity index (χ2v) is 8.34. The average molecular weight is 477 g/mol. The molecule has 1 unspecified atom stereocenters. The van der Waals surface area contributed by atoms with Crippen molar-refractivity contribution in [2.24, 2.45) is 0 Å². The lowest BCUT2D eigenvalue weighted by atomic mass is 10.1. The smallest absolute Gasteiger partial charge is 0.265 e. The monoisotopic (exact) mass is 476 g/mol. The third kappa shape index (κ3) is 4.82. The predicted octanol–water partition coefficient (Wildman–Crippen LogP) is 3.52. The van der Waals surface area contributed by atoms with E-state index in [2.05, 4.69) is 15.9 Å². The quantitative estimate of drug-likeness (QED) is 0.639. The number of amides is 2. The molecule has 158 valence electrons. The van der Waals surface area contributed by atoms with E-state index in [0.29, 0.717) is 30.2 Å². The lowest BCUT2D eigenvalue weighted by Crippen LogP contribution is -2.47. The molecule has 0 spiro atoms. The molecule has 8 heteroatoms. The van der Waals surface area contributed by atoms with E-state index in [1.165, 1.54) is 17.0 Å². The highest BCUT2D eigenvalue weighted by Gasteiger charge is 2.30. The van der Waals surface area contributed by atoms with E-state index in [9.17, 15) is 14.0 Å². The Morgan fingerprint density at radius 3 is 2.90 bits per heavy atom. The number of ether oxygens (including phenoxy) is 2. The van der Waals surface area contributed by atoms with Crippen molar-refractivity contribution in [3.63, 3.8) is 0 Å². The highest BCUT2D eigenvalue weighted by atomic mass is 79.9. The fourth-order valence-electron chi connectivity index (χ4n) is 3.73. The second-order valence-electron chi connectivity index (χ2n) is 7.42. The number of benzene rings is 2. The summed E-state index contributed by atoms with van der Waals surface area (Å²) in [7, 11) is 0. The van der Waals surface area contributed by atoms with Crippen LogP contribution in [0.4, 0.5) is 10.1 Å². The van der Waals surface area contributed by atoms with Crippen LogP contribution < -0.4 is 9.64 Å². The van der Waals surface area contributed by atoms with Gasteiger partial charge >= 0.3 is 0 Å². The zero-order valence-corrected chi connectivity index (χ0v) is 17.9. The van der Waals surface area contributed by atoms with Gasteiger partial charge in [0.2, 0.25) is 5.91 Å². The molecule has 1 atom stereocenters. The molecule has 2 heterocycles. The van der Waals surface area contributed by atoms with E-state index in [4.69, 9.17) is 9.47 Å². The molecule has 0 aliphatic carbocycles. The number of carbonyl (C=O) groups excluding carboxylic acids is 2. The van der Waals surface area contributed by atoms with E-state index in [0.717, 1.165) is 17.3 Å². The van der Waals surface area contributed by atoms with Crippen LogP contribution in [0.3, 0.4) is 0 Å². The Morgan fingerprint density at radius 1 is 1.27 bits per heavy atom. The van der Waals surface area contributed by atoms with Crippen LogP contribution in [0.2, 0.25) is 0 Å². The van der Waals surface area contributed by atoms with Gasteiger partial charge in [-0.15, -0.1) is 0 Å². The van der Waals surface area contributed by atoms with Crippen molar-refractivity contribution in [3.8, 4) is 5.75 Å². The summed E-state index contributed by atoms with van der Waals surface area (Å²) in [5.41, 5.74) is 1.25. The summed E-state index contributed by atoms with van der Waals surface area (Å²) in [5, 5.41) is 0. The van der Waals surface area contributed by atoms with Gasteiger partial charge in [0, 0.05) is 24.2 Å². The Bertz CT molecular complexity index is 948. The molecule has 2 aliphatic heterocycles. The third-order valence-corrected chi connectivity index (χ3v) is 5.71. The molecule has 6 nitrogen and oxygen atoms in total. The van der Waals surface area contributed by atoms with Crippen LogP contribution in [0.1, 0.15) is 18.4 Å². The maximum absolute atomic E-state index is 13.6. The summed E-state index contributed by atoms with van der Waals surface area (Å²) < 4.78 is 25.7. The first-order valence-electron chi connectivity index (χ1n) is 9.86. The summed E-state index contributed by atoms with van der Waals surface area (Å²) in [4.78, 5) is 28.8. The van der Waals surface area contributed by atoms with Gasteiger partial charge in [-0.25, -0.2) is 4.39 Å². The molecule has 1 fully saturated rings. The number of hydrogen-bond donors (Lipinski definition) is 0. The molecule has 0 radical (unpaired) electrons. The molecule has 2 aromatic carbocycles. The van der Waals surface area contributed by atoms with Crippen LogP contribution >= 0.6 is 15.9 Å². The van der Waals surface area contributed by atoms with Crippen LogP contribution in [0.15, 0.2) is 46.9 Å². The molecular formula is C22H22BrFN2O4. The molecule has 0 bridgehead atoms.